The lowest BCUT2D eigenvalue weighted by atomic mass is 9.68. The van der Waals surface area contributed by atoms with Crippen LogP contribution in [0, 0.1) is 41.5 Å². The summed E-state index contributed by atoms with van der Waals surface area (Å²) in [6.45, 7) is 13.4. The Hall–Kier alpha value is -8.20. The van der Waals surface area contributed by atoms with Gasteiger partial charge in [0.15, 0.2) is 0 Å². The Balaban J connectivity index is 1.12. The van der Waals surface area contributed by atoms with Crippen molar-refractivity contribution in [3.63, 3.8) is 0 Å². The monoisotopic (exact) mass is 884 g/mol. The normalized spacial score (nSPS) is 12.9. The highest BCUT2D eigenvalue weighted by molar-refractivity contribution is 6.22. The Bertz CT molecular complexity index is 3830. The van der Waals surface area contributed by atoms with Crippen molar-refractivity contribution in [2.24, 2.45) is 0 Å². The van der Waals surface area contributed by atoms with Crippen molar-refractivity contribution >= 4 is 66.4 Å². The molecule has 0 heterocycles. The number of hydrogen-bond donors (Lipinski definition) is 0. The fourth-order valence-corrected chi connectivity index (χ4v) is 12.3. The Morgan fingerprint density at radius 2 is 0.754 bits per heavy atom. The van der Waals surface area contributed by atoms with E-state index >= 15 is 0 Å². The molecule has 0 saturated carbocycles. The fourth-order valence-electron chi connectivity index (χ4n) is 12.3. The zero-order valence-electron chi connectivity index (χ0n) is 40.0. The van der Waals surface area contributed by atoms with Gasteiger partial charge in [-0.05, 0) is 225 Å². The summed E-state index contributed by atoms with van der Waals surface area (Å²) in [6.07, 6.45) is 0. The van der Waals surface area contributed by atoms with Gasteiger partial charge in [0.1, 0.15) is 0 Å². The largest absolute Gasteiger partial charge is 0.310 e. The smallest absolute Gasteiger partial charge is 0.0737 e. The number of anilines is 6. The molecule has 69 heavy (non-hydrogen) atoms. The van der Waals surface area contributed by atoms with E-state index in [-0.39, 0.29) is 0 Å². The van der Waals surface area contributed by atoms with E-state index in [1.807, 2.05) is 0 Å². The molecule has 2 aliphatic carbocycles. The van der Waals surface area contributed by atoms with E-state index in [1.165, 1.54) is 122 Å². The number of benzene rings is 11. The van der Waals surface area contributed by atoms with Gasteiger partial charge in [0.2, 0.25) is 0 Å². The maximum atomic E-state index is 2.47. The summed E-state index contributed by atoms with van der Waals surface area (Å²) < 4.78 is 0. The molecule has 330 valence electrons. The second kappa shape index (κ2) is 15.4. The summed E-state index contributed by atoms with van der Waals surface area (Å²) in [6, 6.07) is 78.0. The van der Waals surface area contributed by atoms with E-state index in [9.17, 15) is 0 Å². The van der Waals surface area contributed by atoms with Crippen LogP contribution in [0.2, 0.25) is 0 Å². The van der Waals surface area contributed by atoms with Gasteiger partial charge in [-0.3, -0.25) is 0 Å². The number of para-hydroxylation sites is 2. The summed E-state index contributed by atoms with van der Waals surface area (Å²) in [5.41, 5.74) is 24.8. The van der Waals surface area contributed by atoms with Gasteiger partial charge < -0.3 is 9.80 Å². The molecule has 0 aromatic heterocycles. The van der Waals surface area contributed by atoms with Crippen LogP contribution < -0.4 is 9.80 Å². The number of aryl methyl sites for hydroxylation is 4. The van der Waals surface area contributed by atoms with E-state index in [1.54, 1.807) is 0 Å². The van der Waals surface area contributed by atoms with Gasteiger partial charge in [-0.2, -0.15) is 0 Å². The number of fused-ring (bicyclic) bond motifs is 17. The molecular formula is C67H52N2. The summed E-state index contributed by atoms with van der Waals surface area (Å²) in [4.78, 5) is 4.86. The first-order valence-corrected chi connectivity index (χ1v) is 24.3. The fraction of sp³-hybridized carbons (Fsp3) is 0.104. The highest BCUT2D eigenvalue weighted by Gasteiger charge is 2.53. The van der Waals surface area contributed by atoms with Gasteiger partial charge in [-0.25, -0.2) is 0 Å². The van der Waals surface area contributed by atoms with E-state index in [0.717, 1.165) is 22.7 Å². The second-order valence-electron chi connectivity index (χ2n) is 19.5. The molecule has 1 spiro atoms. The lowest BCUT2D eigenvalue weighted by Gasteiger charge is -2.33. The summed E-state index contributed by atoms with van der Waals surface area (Å²) in [5, 5.41) is 7.58. The van der Waals surface area contributed by atoms with Crippen molar-refractivity contribution in [2.45, 2.75) is 47.0 Å². The molecule has 2 heteroatoms. The molecule has 0 unspecified atom stereocenters. The molecule has 2 aliphatic rings. The molecule has 0 radical (unpaired) electrons. The summed E-state index contributed by atoms with van der Waals surface area (Å²) in [5.74, 6) is 0. The van der Waals surface area contributed by atoms with Crippen LogP contribution in [0.1, 0.15) is 55.6 Å². The zero-order valence-corrected chi connectivity index (χ0v) is 40.0. The standard InChI is InChI=1S/C67H52N2/c1-41-35-52(36-42(2)45(41)5)68(48-19-9-7-10-20-48)50-30-33-54-47(39-50)29-32-60-64-58-26-14-13-23-55(58)61-40-51(69(49-21-11-8-12-22-49)53-37-43(3)46(6)44(4)38-53)31-34-59(61)66(64)67(65(54)60)62-27-17-15-24-56(62)57-25-16-18-28-63(57)67/h7-40H,1-6H3. The molecule has 0 N–H and O–H groups in total. The van der Waals surface area contributed by atoms with Gasteiger partial charge in [0, 0.05) is 34.1 Å². The topological polar surface area (TPSA) is 6.48 Å². The SMILES string of the molecule is Cc1cc(N(c2ccccc2)c2ccc3c4c(ccc3c2)-c2c(c3ccc(N(c5ccccc5)c5cc(C)c(C)c(C)c5)cc3c3ccccc23)C42c3ccccc3-c3ccccc32)cc(C)c1C. The zero-order chi connectivity index (χ0) is 46.7. The number of hydrogen-bond acceptors (Lipinski definition) is 2. The lowest BCUT2D eigenvalue weighted by Crippen LogP contribution is -2.26. The van der Waals surface area contributed by atoms with Gasteiger partial charge in [-0.15, -0.1) is 0 Å². The highest BCUT2D eigenvalue weighted by atomic mass is 15.1. The molecule has 2 nitrogen and oxygen atoms in total. The third-order valence-corrected chi connectivity index (χ3v) is 15.9. The highest BCUT2D eigenvalue weighted by Crippen LogP contribution is 2.67. The number of nitrogens with zero attached hydrogens (tertiary/aromatic N) is 2. The molecule has 0 atom stereocenters. The van der Waals surface area contributed by atoms with Crippen molar-refractivity contribution in [3.8, 4) is 22.3 Å². The summed E-state index contributed by atoms with van der Waals surface area (Å²) in [7, 11) is 0. The Morgan fingerprint density at radius 1 is 0.290 bits per heavy atom. The minimum absolute atomic E-state index is 0.586. The van der Waals surface area contributed by atoms with E-state index in [2.05, 4.69) is 258 Å². The van der Waals surface area contributed by atoms with Crippen LogP contribution in [0.3, 0.4) is 0 Å². The van der Waals surface area contributed by atoms with Crippen molar-refractivity contribution in [1.29, 1.82) is 0 Å². The quantitative estimate of drug-likeness (QED) is 0.154. The van der Waals surface area contributed by atoms with Crippen LogP contribution in [-0.4, -0.2) is 0 Å². The molecule has 0 aliphatic heterocycles. The first-order chi connectivity index (χ1) is 33.7. The predicted molar refractivity (Wildman–Crippen MR) is 293 cm³/mol. The second-order valence-corrected chi connectivity index (χ2v) is 19.5. The minimum Gasteiger partial charge on any atom is -0.310 e. The third-order valence-electron chi connectivity index (χ3n) is 15.9. The van der Waals surface area contributed by atoms with E-state index in [4.69, 9.17) is 0 Å². The van der Waals surface area contributed by atoms with Crippen molar-refractivity contribution < 1.29 is 0 Å². The van der Waals surface area contributed by atoms with Crippen molar-refractivity contribution in [1.82, 2.24) is 0 Å². The van der Waals surface area contributed by atoms with Gasteiger partial charge in [0.05, 0.1) is 5.41 Å². The molecule has 0 amide bonds. The molecule has 0 bridgehead atoms. The first-order valence-electron chi connectivity index (χ1n) is 24.3. The number of rotatable bonds is 6. The first kappa shape index (κ1) is 41.0. The summed E-state index contributed by atoms with van der Waals surface area (Å²) >= 11 is 0. The van der Waals surface area contributed by atoms with Crippen LogP contribution in [0.5, 0.6) is 0 Å². The Morgan fingerprint density at radius 3 is 1.30 bits per heavy atom. The van der Waals surface area contributed by atoms with Crippen LogP contribution in [0.25, 0.3) is 54.6 Å². The Labute approximate surface area is 405 Å². The predicted octanol–water partition coefficient (Wildman–Crippen LogP) is 18.3. The van der Waals surface area contributed by atoms with Gasteiger partial charge in [-0.1, -0.05) is 133 Å². The average molecular weight is 885 g/mol. The third kappa shape index (κ3) is 5.91. The van der Waals surface area contributed by atoms with Gasteiger partial charge >= 0.3 is 0 Å². The van der Waals surface area contributed by atoms with Crippen LogP contribution in [-0.2, 0) is 5.41 Å². The lowest BCUT2D eigenvalue weighted by molar-refractivity contribution is 0.809. The maximum absolute atomic E-state index is 2.47. The molecule has 0 fully saturated rings. The molecular weight excluding hydrogens is 833 g/mol. The van der Waals surface area contributed by atoms with Crippen LogP contribution in [0.15, 0.2) is 206 Å². The molecule has 11 aromatic carbocycles. The molecule has 13 rings (SSSR count). The van der Waals surface area contributed by atoms with E-state index in [0.29, 0.717) is 0 Å². The molecule has 0 saturated heterocycles. The average Bonchev–Trinajstić information content (AvgIpc) is 3.86. The van der Waals surface area contributed by atoms with Crippen LogP contribution in [0.4, 0.5) is 34.1 Å². The minimum atomic E-state index is -0.586. The maximum Gasteiger partial charge on any atom is 0.0737 e. The van der Waals surface area contributed by atoms with E-state index < -0.39 is 5.41 Å². The van der Waals surface area contributed by atoms with Crippen molar-refractivity contribution in [3.05, 3.63) is 262 Å². The van der Waals surface area contributed by atoms with Gasteiger partial charge in [0.25, 0.3) is 0 Å². The Kier molecular flexibility index (Phi) is 9.17. The van der Waals surface area contributed by atoms with Crippen LogP contribution >= 0.6 is 0 Å². The van der Waals surface area contributed by atoms with Crippen molar-refractivity contribution in [2.75, 3.05) is 9.80 Å². The molecule has 11 aromatic rings.